The molecule has 8 nitrogen and oxygen atoms in total. The van der Waals surface area contributed by atoms with Gasteiger partial charge in [0.15, 0.2) is 0 Å². The average molecular weight is 394 g/mol. The third-order valence-electron chi connectivity index (χ3n) is 4.82. The lowest BCUT2D eigenvalue weighted by Crippen LogP contribution is -2.35. The van der Waals surface area contributed by atoms with Crippen molar-refractivity contribution in [2.75, 3.05) is 16.8 Å². The third-order valence-corrected chi connectivity index (χ3v) is 4.82. The Morgan fingerprint density at radius 3 is 2.97 bits per heavy atom. The number of aromatic nitrogens is 2. The molecule has 29 heavy (non-hydrogen) atoms. The Balaban J connectivity index is 1.36. The second-order valence-corrected chi connectivity index (χ2v) is 6.96. The van der Waals surface area contributed by atoms with Crippen LogP contribution in [0, 0.1) is 0 Å². The maximum absolute atomic E-state index is 12.3. The zero-order valence-electron chi connectivity index (χ0n) is 16.2. The molecule has 0 bridgehead atoms. The number of fused-ring (bicyclic) bond motifs is 1. The first kappa shape index (κ1) is 18.9. The highest BCUT2D eigenvalue weighted by Gasteiger charge is 2.23. The smallest absolute Gasteiger partial charge is 0.227 e. The zero-order chi connectivity index (χ0) is 20.2. The molecule has 3 heterocycles. The van der Waals surface area contributed by atoms with Gasteiger partial charge in [-0.2, -0.15) is 4.98 Å². The Hall–Kier alpha value is -3.42. The number of carbonyl (C=O) groups is 2. The summed E-state index contributed by atoms with van der Waals surface area (Å²) >= 11 is 0. The monoisotopic (exact) mass is 394 g/mol. The van der Waals surface area contributed by atoms with Crippen LogP contribution >= 0.6 is 0 Å². The van der Waals surface area contributed by atoms with Gasteiger partial charge >= 0.3 is 0 Å². The maximum Gasteiger partial charge on any atom is 0.227 e. The molecule has 0 atom stereocenters. The van der Waals surface area contributed by atoms with E-state index < -0.39 is 0 Å². The molecule has 0 radical (unpaired) electrons. The highest BCUT2D eigenvalue weighted by Crippen LogP contribution is 2.30. The molecule has 0 unspecified atom stereocenters. The summed E-state index contributed by atoms with van der Waals surface area (Å²) in [5.74, 6) is 0.862. The maximum atomic E-state index is 12.3. The Morgan fingerprint density at radius 1 is 1.28 bits per heavy atom. The van der Waals surface area contributed by atoms with E-state index >= 15 is 0 Å². The van der Waals surface area contributed by atoms with E-state index in [0.717, 1.165) is 28.9 Å². The van der Waals surface area contributed by atoms with Crippen molar-refractivity contribution in [3.8, 4) is 11.4 Å². The summed E-state index contributed by atoms with van der Waals surface area (Å²) in [6, 6.07) is 7.44. The molecule has 150 valence electrons. The summed E-state index contributed by atoms with van der Waals surface area (Å²) in [5, 5.41) is 6.79. The van der Waals surface area contributed by atoms with Crippen LogP contribution in [-0.2, 0) is 22.4 Å². The second kappa shape index (κ2) is 8.30. The molecule has 8 heteroatoms. The van der Waals surface area contributed by atoms with Crippen LogP contribution in [0.3, 0.4) is 0 Å². The van der Waals surface area contributed by atoms with Crippen molar-refractivity contribution >= 4 is 23.2 Å². The molecule has 0 spiro atoms. The quantitative estimate of drug-likeness (QED) is 0.657. The van der Waals surface area contributed by atoms with Crippen molar-refractivity contribution in [2.24, 2.45) is 0 Å². The van der Waals surface area contributed by atoms with E-state index in [-0.39, 0.29) is 18.2 Å². The van der Waals surface area contributed by atoms with Gasteiger partial charge in [0.1, 0.15) is 6.26 Å². The fourth-order valence-electron chi connectivity index (χ4n) is 3.42. The molecule has 1 N–H and O–H groups in total. The third kappa shape index (κ3) is 4.21. The Kier molecular flexibility index (Phi) is 5.41. The SMILES string of the molecule is CCCN1C(=O)CCc2cc(NC(=O)CCc3nc(-c4ccoc4)no3)ccc21. The van der Waals surface area contributed by atoms with Crippen molar-refractivity contribution in [3.05, 3.63) is 48.2 Å². The number of benzene rings is 1. The molecule has 0 aliphatic carbocycles. The van der Waals surface area contributed by atoms with Crippen LogP contribution in [0.5, 0.6) is 0 Å². The summed E-state index contributed by atoms with van der Waals surface area (Å²) in [4.78, 5) is 30.6. The molecule has 2 amide bonds. The van der Waals surface area contributed by atoms with E-state index in [2.05, 4.69) is 22.4 Å². The van der Waals surface area contributed by atoms with E-state index in [4.69, 9.17) is 8.94 Å². The van der Waals surface area contributed by atoms with Gasteiger partial charge in [-0.05, 0) is 42.7 Å². The van der Waals surface area contributed by atoms with Crippen molar-refractivity contribution in [1.29, 1.82) is 0 Å². The van der Waals surface area contributed by atoms with Gasteiger partial charge < -0.3 is 19.2 Å². The van der Waals surface area contributed by atoms with Crippen molar-refractivity contribution in [2.45, 2.75) is 39.0 Å². The average Bonchev–Trinajstić information content (AvgIpc) is 3.40. The fourth-order valence-corrected chi connectivity index (χ4v) is 3.42. The number of hydrogen-bond donors (Lipinski definition) is 1. The lowest BCUT2D eigenvalue weighted by molar-refractivity contribution is -0.119. The largest absolute Gasteiger partial charge is 0.472 e. The summed E-state index contributed by atoms with van der Waals surface area (Å²) in [5.41, 5.74) is 3.48. The van der Waals surface area contributed by atoms with Crippen molar-refractivity contribution in [1.82, 2.24) is 10.1 Å². The van der Waals surface area contributed by atoms with Crippen LogP contribution in [0.4, 0.5) is 11.4 Å². The topological polar surface area (TPSA) is 101 Å². The fraction of sp³-hybridized carbons (Fsp3) is 0.333. The van der Waals surface area contributed by atoms with Crippen LogP contribution in [0.1, 0.15) is 37.6 Å². The molecule has 1 aromatic carbocycles. The number of hydrogen-bond acceptors (Lipinski definition) is 6. The summed E-state index contributed by atoms with van der Waals surface area (Å²) in [7, 11) is 0. The van der Waals surface area contributed by atoms with E-state index in [9.17, 15) is 9.59 Å². The predicted octanol–water partition coefficient (Wildman–Crippen LogP) is 3.59. The van der Waals surface area contributed by atoms with Crippen LogP contribution in [0.2, 0.25) is 0 Å². The van der Waals surface area contributed by atoms with Crippen LogP contribution in [-0.4, -0.2) is 28.5 Å². The number of nitrogens with zero attached hydrogens (tertiary/aromatic N) is 3. The van der Waals surface area contributed by atoms with Gasteiger partial charge in [0.2, 0.25) is 23.5 Å². The molecule has 0 saturated carbocycles. The molecular formula is C21H22N4O4. The van der Waals surface area contributed by atoms with Gasteiger partial charge in [0.25, 0.3) is 0 Å². The highest BCUT2D eigenvalue weighted by molar-refractivity contribution is 5.97. The summed E-state index contributed by atoms with van der Waals surface area (Å²) in [6.07, 6.45) is 5.74. The molecular weight excluding hydrogens is 372 g/mol. The first-order valence-electron chi connectivity index (χ1n) is 9.72. The number of anilines is 2. The Morgan fingerprint density at radius 2 is 2.17 bits per heavy atom. The van der Waals surface area contributed by atoms with Crippen LogP contribution in [0.15, 0.2) is 45.7 Å². The molecule has 4 rings (SSSR count). The van der Waals surface area contributed by atoms with E-state index in [1.165, 1.54) is 12.5 Å². The predicted molar refractivity (Wildman–Crippen MR) is 106 cm³/mol. The number of rotatable bonds is 7. The van der Waals surface area contributed by atoms with Gasteiger partial charge in [-0.3, -0.25) is 9.59 Å². The Labute approximate surface area is 167 Å². The highest BCUT2D eigenvalue weighted by atomic mass is 16.5. The van der Waals surface area contributed by atoms with E-state index in [1.807, 2.05) is 23.1 Å². The molecule has 2 aromatic heterocycles. The van der Waals surface area contributed by atoms with Crippen LogP contribution < -0.4 is 10.2 Å². The molecule has 0 saturated heterocycles. The number of amides is 2. The minimum absolute atomic E-state index is 0.134. The number of aryl methyl sites for hydroxylation is 2. The van der Waals surface area contributed by atoms with E-state index in [1.54, 1.807) is 6.07 Å². The summed E-state index contributed by atoms with van der Waals surface area (Å²) in [6.45, 7) is 2.76. The first-order valence-corrected chi connectivity index (χ1v) is 9.72. The molecule has 3 aromatic rings. The van der Waals surface area contributed by atoms with Crippen molar-refractivity contribution < 1.29 is 18.5 Å². The lowest BCUT2D eigenvalue weighted by Gasteiger charge is -2.29. The molecule has 1 aliphatic rings. The van der Waals surface area contributed by atoms with Crippen LogP contribution in [0.25, 0.3) is 11.4 Å². The van der Waals surface area contributed by atoms with Gasteiger partial charge in [-0.25, -0.2) is 0 Å². The van der Waals surface area contributed by atoms with Gasteiger partial charge in [-0.15, -0.1) is 0 Å². The van der Waals surface area contributed by atoms with Crippen molar-refractivity contribution in [3.63, 3.8) is 0 Å². The van der Waals surface area contributed by atoms with Gasteiger partial charge in [0, 0.05) is 37.2 Å². The lowest BCUT2D eigenvalue weighted by atomic mass is 10.00. The molecule has 1 aliphatic heterocycles. The first-order chi connectivity index (χ1) is 14.1. The normalized spacial score (nSPS) is 13.4. The number of carbonyl (C=O) groups excluding carboxylic acids is 2. The standard InChI is InChI=1S/C21H22N4O4/c1-2-10-25-17-5-4-16(12-14(17)3-8-20(25)27)22-18(26)6-7-19-23-21(24-29-19)15-9-11-28-13-15/h4-5,9,11-13H,2-3,6-8,10H2,1H3,(H,22,26). The van der Waals surface area contributed by atoms with Gasteiger partial charge in [0.05, 0.1) is 11.8 Å². The minimum atomic E-state index is -0.134. The van der Waals surface area contributed by atoms with Gasteiger partial charge in [-0.1, -0.05) is 12.1 Å². The number of furan rings is 1. The van der Waals surface area contributed by atoms with E-state index in [0.29, 0.717) is 37.5 Å². The number of nitrogens with one attached hydrogen (secondary N) is 1. The molecule has 0 fully saturated rings. The zero-order valence-corrected chi connectivity index (χ0v) is 16.2. The second-order valence-electron chi connectivity index (χ2n) is 6.96. The summed E-state index contributed by atoms with van der Waals surface area (Å²) < 4.78 is 10.2. The minimum Gasteiger partial charge on any atom is -0.472 e. The Bertz CT molecular complexity index is 1010.